The molecule has 0 amide bonds. The molecular weight excluding hydrogens is 252 g/mol. The summed E-state index contributed by atoms with van der Waals surface area (Å²) in [4.78, 5) is 4.12. The van der Waals surface area contributed by atoms with Crippen LogP contribution in [-0.4, -0.2) is 26.4 Å². The number of hydrogen-bond donors (Lipinski definition) is 2. The lowest BCUT2D eigenvalue weighted by atomic mass is 10.00. The summed E-state index contributed by atoms with van der Waals surface area (Å²) in [6.07, 6.45) is 1.15. The summed E-state index contributed by atoms with van der Waals surface area (Å²) >= 11 is 0. The number of nitrogens with zero attached hydrogens (tertiary/aromatic N) is 3. The van der Waals surface area contributed by atoms with Crippen molar-refractivity contribution in [1.29, 1.82) is 0 Å². The lowest BCUT2D eigenvalue weighted by Gasteiger charge is -2.13. The number of aliphatic hydroxyl groups excluding tert-OH is 1. The molecule has 0 aliphatic rings. The maximum Gasteiger partial charge on any atom is 0.164 e. The van der Waals surface area contributed by atoms with E-state index in [0.717, 1.165) is 11.4 Å². The number of rotatable bonds is 6. The number of aromatic nitrogens is 3. The van der Waals surface area contributed by atoms with Crippen molar-refractivity contribution in [2.24, 2.45) is 7.05 Å². The Labute approximate surface area is 119 Å². The Hall–Kier alpha value is -1.72. The Kier molecular flexibility index (Phi) is 4.87. The van der Waals surface area contributed by atoms with E-state index in [-0.39, 0.29) is 0 Å². The van der Waals surface area contributed by atoms with Crippen LogP contribution in [0.15, 0.2) is 30.6 Å². The third kappa shape index (κ3) is 3.88. The molecule has 1 atom stereocenters. The highest BCUT2D eigenvalue weighted by molar-refractivity contribution is 5.26. The molecule has 108 valence electrons. The first-order chi connectivity index (χ1) is 9.56. The maximum absolute atomic E-state index is 10.1. The van der Waals surface area contributed by atoms with Gasteiger partial charge in [0.1, 0.15) is 6.33 Å². The average molecular weight is 274 g/mol. The lowest BCUT2D eigenvalue weighted by molar-refractivity contribution is 0.174. The Bertz CT molecular complexity index is 533. The van der Waals surface area contributed by atoms with E-state index in [1.807, 2.05) is 19.2 Å². The molecule has 1 aromatic heterocycles. The Morgan fingerprint density at radius 3 is 2.40 bits per heavy atom. The van der Waals surface area contributed by atoms with Gasteiger partial charge < -0.3 is 10.4 Å². The minimum atomic E-state index is -0.514. The van der Waals surface area contributed by atoms with E-state index in [1.165, 1.54) is 5.56 Å². The normalized spacial score (nSPS) is 12.8. The number of benzene rings is 1. The van der Waals surface area contributed by atoms with E-state index in [9.17, 15) is 5.11 Å². The van der Waals surface area contributed by atoms with Crippen molar-refractivity contribution in [3.05, 3.63) is 47.5 Å². The van der Waals surface area contributed by atoms with E-state index in [0.29, 0.717) is 19.0 Å². The largest absolute Gasteiger partial charge is 0.387 e. The monoisotopic (exact) mass is 274 g/mol. The second-order valence-corrected chi connectivity index (χ2v) is 5.30. The molecule has 1 aromatic carbocycles. The van der Waals surface area contributed by atoms with Gasteiger partial charge in [-0.15, -0.1) is 0 Å². The zero-order valence-electron chi connectivity index (χ0n) is 12.2. The van der Waals surface area contributed by atoms with Gasteiger partial charge in [-0.3, -0.25) is 4.68 Å². The van der Waals surface area contributed by atoms with Crippen LogP contribution in [0.1, 0.15) is 42.8 Å². The molecule has 20 heavy (non-hydrogen) atoms. The van der Waals surface area contributed by atoms with Crippen molar-refractivity contribution in [3.8, 4) is 0 Å². The quantitative estimate of drug-likeness (QED) is 0.842. The first-order valence-corrected chi connectivity index (χ1v) is 6.89. The highest BCUT2D eigenvalue weighted by atomic mass is 16.3. The molecule has 0 saturated carbocycles. The van der Waals surface area contributed by atoms with Gasteiger partial charge >= 0.3 is 0 Å². The summed E-state index contributed by atoms with van der Waals surface area (Å²) in [5, 5.41) is 17.5. The topological polar surface area (TPSA) is 63.0 Å². The lowest BCUT2D eigenvalue weighted by Crippen LogP contribution is -2.21. The number of aryl methyl sites for hydroxylation is 1. The third-order valence-corrected chi connectivity index (χ3v) is 3.26. The fourth-order valence-corrected chi connectivity index (χ4v) is 2.01. The van der Waals surface area contributed by atoms with E-state index in [1.54, 1.807) is 11.0 Å². The molecule has 0 aliphatic heterocycles. The molecule has 0 aliphatic carbocycles. The SMILES string of the molecule is CC(C)c1ccc(C(O)CNCc2ncn(C)n2)cc1. The third-order valence-electron chi connectivity index (χ3n) is 3.26. The van der Waals surface area contributed by atoms with Crippen LogP contribution in [0.5, 0.6) is 0 Å². The molecule has 2 aromatic rings. The Balaban J connectivity index is 1.83. The molecule has 2 rings (SSSR count). The zero-order valence-corrected chi connectivity index (χ0v) is 12.2. The zero-order chi connectivity index (χ0) is 14.5. The molecule has 5 heteroatoms. The van der Waals surface area contributed by atoms with Gasteiger partial charge in [-0.25, -0.2) is 4.98 Å². The summed E-state index contributed by atoms with van der Waals surface area (Å²) in [6, 6.07) is 8.12. The molecule has 2 N–H and O–H groups in total. The van der Waals surface area contributed by atoms with Crippen LogP contribution in [0.2, 0.25) is 0 Å². The highest BCUT2D eigenvalue weighted by Gasteiger charge is 2.08. The van der Waals surface area contributed by atoms with Crippen molar-refractivity contribution < 1.29 is 5.11 Å². The molecule has 0 saturated heterocycles. The predicted octanol–water partition coefficient (Wildman–Crippen LogP) is 1.76. The van der Waals surface area contributed by atoms with E-state index >= 15 is 0 Å². The van der Waals surface area contributed by atoms with Crippen LogP contribution in [0.4, 0.5) is 0 Å². The van der Waals surface area contributed by atoms with Crippen molar-refractivity contribution in [2.45, 2.75) is 32.4 Å². The van der Waals surface area contributed by atoms with Gasteiger partial charge in [-0.2, -0.15) is 5.10 Å². The van der Waals surface area contributed by atoms with Crippen molar-refractivity contribution >= 4 is 0 Å². The highest BCUT2D eigenvalue weighted by Crippen LogP contribution is 2.18. The second kappa shape index (κ2) is 6.63. The molecule has 0 radical (unpaired) electrons. The van der Waals surface area contributed by atoms with Crippen molar-refractivity contribution in [3.63, 3.8) is 0 Å². The summed E-state index contributed by atoms with van der Waals surface area (Å²) in [6.45, 7) is 5.36. The summed E-state index contributed by atoms with van der Waals surface area (Å²) in [5.74, 6) is 1.24. The molecule has 0 fully saturated rings. The van der Waals surface area contributed by atoms with Crippen LogP contribution in [0, 0.1) is 0 Å². The fraction of sp³-hybridized carbons (Fsp3) is 0.467. The van der Waals surface area contributed by atoms with Gasteiger partial charge in [0.15, 0.2) is 5.82 Å². The molecule has 5 nitrogen and oxygen atoms in total. The first-order valence-electron chi connectivity index (χ1n) is 6.89. The van der Waals surface area contributed by atoms with Gasteiger partial charge in [0, 0.05) is 13.6 Å². The predicted molar refractivity (Wildman–Crippen MR) is 78.2 cm³/mol. The van der Waals surface area contributed by atoms with Gasteiger partial charge in [0.2, 0.25) is 0 Å². The second-order valence-electron chi connectivity index (χ2n) is 5.30. The van der Waals surface area contributed by atoms with Gasteiger partial charge in [-0.1, -0.05) is 38.1 Å². The summed E-state index contributed by atoms with van der Waals surface area (Å²) in [7, 11) is 1.83. The summed E-state index contributed by atoms with van der Waals surface area (Å²) < 4.78 is 1.66. The maximum atomic E-state index is 10.1. The number of hydrogen-bond acceptors (Lipinski definition) is 4. The van der Waals surface area contributed by atoms with Crippen LogP contribution in [0.25, 0.3) is 0 Å². The minimum absolute atomic E-state index is 0.485. The molecule has 0 bridgehead atoms. The smallest absolute Gasteiger partial charge is 0.164 e. The molecular formula is C15H22N4O. The van der Waals surface area contributed by atoms with Gasteiger partial charge in [-0.05, 0) is 17.0 Å². The Morgan fingerprint density at radius 2 is 1.85 bits per heavy atom. The number of nitrogens with one attached hydrogen (secondary N) is 1. The minimum Gasteiger partial charge on any atom is -0.387 e. The van der Waals surface area contributed by atoms with Crippen LogP contribution in [0.3, 0.4) is 0 Å². The molecule has 1 heterocycles. The van der Waals surface area contributed by atoms with Crippen LogP contribution < -0.4 is 5.32 Å². The van der Waals surface area contributed by atoms with Gasteiger partial charge in [0.05, 0.1) is 12.6 Å². The summed E-state index contributed by atoms with van der Waals surface area (Å²) in [5.41, 5.74) is 2.21. The van der Waals surface area contributed by atoms with E-state index in [4.69, 9.17) is 0 Å². The fourth-order valence-electron chi connectivity index (χ4n) is 2.01. The van der Waals surface area contributed by atoms with Gasteiger partial charge in [0.25, 0.3) is 0 Å². The van der Waals surface area contributed by atoms with Crippen LogP contribution >= 0.6 is 0 Å². The van der Waals surface area contributed by atoms with Crippen molar-refractivity contribution in [1.82, 2.24) is 20.1 Å². The average Bonchev–Trinajstić information content (AvgIpc) is 2.84. The standard InChI is InChI=1S/C15H22N4O/c1-11(2)12-4-6-13(7-5-12)14(20)8-16-9-15-17-10-19(3)18-15/h4-7,10-11,14,16,20H,8-9H2,1-3H3. The molecule has 0 spiro atoms. The first kappa shape index (κ1) is 14.7. The van der Waals surface area contributed by atoms with E-state index < -0.39 is 6.10 Å². The van der Waals surface area contributed by atoms with E-state index in [2.05, 4.69) is 41.4 Å². The molecule has 1 unspecified atom stereocenters. The van der Waals surface area contributed by atoms with Crippen LogP contribution in [-0.2, 0) is 13.6 Å². The van der Waals surface area contributed by atoms with Crippen molar-refractivity contribution in [2.75, 3.05) is 6.54 Å². The Morgan fingerprint density at radius 1 is 1.20 bits per heavy atom. The number of aliphatic hydroxyl groups is 1.